The molecule has 0 saturated heterocycles. The summed E-state index contributed by atoms with van der Waals surface area (Å²) in [4.78, 5) is 16.8. The third kappa shape index (κ3) is 3.33. The van der Waals surface area contributed by atoms with E-state index in [1.165, 1.54) is 0 Å². The molecule has 15 heavy (non-hydrogen) atoms. The van der Waals surface area contributed by atoms with Crippen LogP contribution >= 0.6 is 22.6 Å². The number of anilines is 1. The normalized spacial score (nSPS) is 12.2. The molecule has 82 valence electrons. The lowest BCUT2D eigenvalue weighted by Crippen LogP contribution is -2.29. The molecule has 0 radical (unpaired) electrons. The number of aromatic nitrogens is 1. The second-order valence-electron chi connectivity index (χ2n) is 3.43. The van der Waals surface area contributed by atoms with Crippen molar-refractivity contribution >= 4 is 34.4 Å². The summed E-state index contributed by atoms with van der Waals surface area (Å²) in [6.45, 7) is 2.15. The second kappa shape index (κ2) is 5.29. The summed E-state index contributed by atoms with van der Waals surface area (Å²) >= 11 is 2.19. The molecule has 4 nitrogen and oxygen atoms in total. The maximum Gasteiger partial charge on any atom is 0.308 e. The van der Waals surface area contributed by atoms with Crippen LogP contribution in [0.4, 0.5) is 5.82 Å². The average molecular weight is 320 g/mol. The lowest BCUT2D eigenvalue weighted by molar-refractivity contribution is -0.140. The zero-order chi connectivity index (χ0) is 11.4. The molecule has 0 aliphatic carbocycles. The number of pyridine rings is 1. The van der Waals surface area contributed by atoms with E-state index >= 15 is 0 Å². The molecule has 1 rings (SSSR count). The fourth-order valence-electron chi connectivity index (χ4n) is 1.23. The Labute approximate surface area is 102 Å². The molecule has 0 aromatic carbocycles. The third-order valence-corrected chi connectivity index (χ3v) is 2.91. The molecule has 1 heterocycles. The van der Waals surface area contributed by atoms with E-state index in [9.17, 15) is 4.79 Å². The van der Waals surface area contributed by atoms with Crippen molar-refractivity contribution in [1.29, 1.82) is 0 Å². The summed E-state index contributed by atoms with van der Waals surface area (Å²) in [7, 11) is 1.85. The van der Waals surface area contributed by atoms with Crippen LogP contribution in [-0.2, 0) is 4.79 Å². The fourth-order valence-corrected chi connectivity index (χ4v) is 1.99. The Morgan fingerprint density at radius 3 is 2.93 bits per heavy atom. The predicted octanol–water partition coefficient (Wildman–Crippen LogP) is 1.84. The molecule has 1 N–H and O–H groups in total. The number of aliphatic carboxylic acids is 1. The van der Waals surface area contributed by atoms with Crippen LogP contribution in [0.1, 0.15) is 6.92 Å². The molecule has 1 aromatic rings. The zero-order valence-electron chi connectivity index (χ0n) is 8.64. The molecule has 0 spiro atoms. The Morgan fingerprint density at radius 2 is 2.40 bits per heavy atom. The van der Waals surface area contributed by atoms with Crippen LogP contribution in [0.25, 0.3) is 0 Å². The van der Waals surface area contributed by atoms with Crippen LogP contribution in [0.15, 0.2) is 18.3 Å². The van der Waals surface area contributed by atoms with E-state index < -0.39 is 11.9 Å². The molecule has 0 amide bonds. The molecule has 0 aliphatic rings. The largest absolute Gasteiger partial charge is 0.481 e. The number of hydrogen-bond acceptors (Lipinski definition) is 3. The second-order valence-corrected chi connectivity index (χ2v) is 4.59. The van der Waals surface area contributed by atoms with Crippen LogP contribution in [0.2, 0.25) is 0 Å². The first-order valence-corrected chi connectivity index (χ1v) is 5.64. The van der Waals surface area contributed by atoms with Gasteiger partial charge in [-0.3, -0.25) is 4.79 Å². The predicted molar refractivity (Wildman–Crippen MR) is 67.0 cm³/mol. The number of carboxylic acids is 1. The van der Waals surface area contributed by atoms with Crippen molar-refractivity contribution in [3.63, 3.8) is 0 Å². The standard InChI is InChI=1S/C10H13IN2O2/c1-7(10(14)15)6-13(2)9-8(11)4-3-5-12-9/h3-5,7H,6H2,1-2H3,(H,14,15). The van der Waals surface area contributed by atoms with Gasteiger partial charge in [0.15, 0.2) is 0 Å². The van der Waals surface area contributed by atoms with Crippen molar-refractivity contribution in [1.82, 2.24) is 4.98 Å². The summed E-state index contributed by atoms with van der Waals surface area (Å²) in [6, 6.07) is 3.81. The van der Waals surface area contributed by atoms with Crippen molar-refractivity contribution in [2.24, 2.45) is 5.92 Å². The quantitative estimate of drug-likeness (QED) is 0.860. The Hall–Kier alpha value is -0.850. The number of rotatable bonds is 4. The summed E-state index contributed by atoms with van der Waals surface area (Å²) in [5, 5.41) is 8.80. The number of halogens is 1. The van der Waals surface area contributed by atoms with Gasteiger partial charge in [-0.2, -0.15) is 0 Å². The van der Waals surface area contributed by atoms with E-state index in [2.05, 4.69) is 27.6 Å². The highest BCUT2D eigenvalue weighted by Gasteiger charge is 2.15. The van der Waals surface area contributed by atoms with Gasteiger partial charge >= 0.3 is 5.97 Å². The van der Waals surface area contributed by atoms with Crippen LogP contribution < -0.4 is 4.90 Å². The first kappa shape index (κ1) is 12.2. The Kier molecular flexibility index (Phi) is 4.31. The highest BCUT2D eigenvalue weighted by Crippen LogP contribution is 2.18. The maximum absolute atomic E-state index is 10.7. The van der Waals surface area contributed by atoms with Gasteiger partial charge in [0.05, 0.1) is 9.49 Å². The van der Waals surface area contributed by atoms with E-state index in [0.29, 0.717) is 6.54 Å². The van der Waals surface area contributed by atoms with E-state index in [0.717, 1.165) is 9.39 Å². The minimum Gasteiger partial charge on any atom is -0.481 e. The van der Waals surface area contributed by atoms with E-state index in [1.54, 1.807) is 13.1 Å². The van der Waals surface area contributed by atoms with E-state index in [-0.39, 0.29) is 0 Å². The zero-order valence-corrected chi connectivity index (χ0v) is 10.8. The topological polar surface area (TPSA) is 53.4 Å². The van der Waals surface area contributed by atoms with Gasteiger partial charge in [-0.25, -0.2) is 4.98 Å². The number of nitrogens with zero attached hydrogens (tertiary/aromatic N) is 2. The molecular weight excluding hydrogens is 307 g/mol. The van der Waals surface area contributed by atoms with E-state index in [1.807, 2.05) is 24.1 Å². The first-order chi connectivity index (χ1) is 7.02. The highest BCUT2D eigenvalue weighted by atomic mass is 127. The minimum atomic E-state index is -0.784. The molecule has 5 heteroatoms. The van der Waals surface area contributed by atoms with Gasteiger partial charge in [0.1, 0.15) is 5.82 Å². The van der Waals surface area contributed by atoms with Crippen molar-refractivity contribution in [2.45, 2.75) is 6.92 Å². The summed E-state index contributed by atoms with van der Waals surface area (Å²) in [5.74, 6) is -0.355. The van der Waals surface area contributed by atoms with Crippen molar-refractivity contribution in [2.75, 3.05) is 18.5 Å². The lowest BCUT2D eigenvalue weighted by Gasteiger charge is -2.21. The van der Waals surface area contributed by atoms with Gasteiger partial charge in [-0.15, -0.1) is 0 Å². The van der Waals surface area contributed by atoms with Gasteiger partial charge in [-0.05, 0) is 34.7 Å². The number of carboxylic acid groups (broad SMARTS) is 1. The molecule has 1 aromatic heterocycles. The maximum atomic E-state index is 10.7. The molecule has 1 atom stereocenters. The molecule has 0 bridgehead atoms. The Balaban J connectivity index is 2.73. The van der Waals surface area contributed by atoms with Crippen molar-refractivity contribution < 1.29 is 9.90 Å². The van der Waals surface area contributed by atoms with Crippen LogP contribution in [-0.4, -0.2) is 29.7 Å². The fraction of sp³-hybridized carbons (Fsp3) is 0.400. The number of hydrogen-bond donors (Lipinski definition) is 1. The average Bonchev–Trinajstić information content (AvgIpc) is 2.18. The van der Waals surface area contributed by atoms with Gasteiger partial charge in [0, 0.05) is 19.8 Å². The van der Waals surface area contributed by atoms with Gasteiger partial charge in [-0.1, -0.05) is 6.92 Å². The number of carbonyl (C=O) groups is 1. The SMILES string of the molecule is CC(CN(C)c1ncccc1I)C(=O)O. The van der Waals surface area contributed by atoms with Crippen LogP contribution in [0.5, 0.6) is 0 Å². The van der Waals surface area contributed by atoms with Gasteiger partial charge < -0.3 is 10.0 Å². The van der Waals surface area contributed by atoms with E-state index in [4.69, 9.17) is 5.11 Å². The first-order valence-electron chi connectivity index (χ1n) is 4.57. The smallest absolute Gasteiger partial charge is 0.308 e. The Bertz CT molecular complexity index is 357. The minimum absolute atomic E-state index is 0.396. The Morgan fingerprint density at radius 1 is 1.73 bits per heavy atom. The summed E-state index contributed by atoms with van der Waals surface area (Å²) < 4.78 is 1.02. The molecular formula is C10H13IN2O2. The molecule has 0 saturated carbocycles. The highest BCUT2D eigenvalue weighted by molar-refractivity contribution is 14.1. The van der Waals surface area contributed by atoms with Crippen molar-refractivity contribution in [3.05, 3.63) is 21.9 Å². The summed E-state index contributed by atoms with van der Waals surface area (Å²) in [6.07, 6.45) is 1.71. The molecule has 0 fully saturated rings. The lowest BCUT2D eigenvalue weighted by atomic mass is 10.2. The van der Waals surface area contributed by atoms with Gasteiger partial charge in [0.2, 0.25) is 0 Å². The van der Waals surface area contributed by atoms with Crippen molar-refractivity contribution in [3.8, 4) is 0 Å². The summed E-state index contributed by atoms with van der Waals surface area (Å²) in [5.41, 5.74) is 0. The monoisotopic (exact) mass is 320 g/mol. The molecule has 0 aliphatic heterocycles. The van der Waals surface area contributed by atoms with Crippen LogP contribution in [0.3, 0.4) is 0 Å². The third-order valence-electron chi connectivity index (χ3n) is 2.07. The molecule has 1 unspecified atom stereocenters. The van der Waals surface area contributed by atoms with Gasteiger partial charge in [0.25, 0.3) is 0 Å². The van der Waals surface area contributed by atoms with Crippen LogP contribution in [0, 0.1) is 9.49 Å².